The van der Waals surface area contributed by atoms with Crippen molar-refractivity contribution in [3.8, 4) is 0 Å². The van der Waals surface area contributed by atoms with Crippen LogP contribution in [0.25, 0.3) is 10.9 Å². The lowest BCUT2D eigenvalue weighted by molar-refractivity contribution is 0.0529. The van der Waals surface area contributed by atoms with Gasteiger partial charge in [-0.15, -0.1) is 0 Å². The fourth-order valence-electron chi connectivity index (χ4n) is 2.82. The number of benzene rings is 1. The molecule has 106 valence electrons. The van der Waals surface area contributed by atoms with Crippen molar-refractivity contribution in [3.63, 3.8) is 0 Å². The maximum atomic E-state index is 12.7. The summed E-state index contributed by atoms with van der Waals surface area (Å²) in [7, 11) is 0. The van der Waals surface area contributed by atoms with Crippen LogP contribution in [0.2, 0.25) is 0 Å². The number of H-pyrrole nitrogens is 1. The lowest BCUT2D eigenvalue weighted by Gasteiger charge is -2.42. The van der Waals surface area contributed by atoms with E-state index in [1.807, 2.05) is 29.2 Å². The number of carbonyl (C=O) groups excluding carboxylic acids is 1. The van der Waals surface area contributed by atoms with Crippen molar-refractivity contribution in [2.75, 3.05) is 13.1 Å². The third kappa shape index (κ3) is 2.08. The van der Waals surface area contributed by atoms with E-state index in [9.17, 15) is 4.79 Å². The highest BCUT2D eigenvalue weighted by Gasteiger charge is 2.36. The monoisotopic (exact) mass is 272 g/mol. The SMILES string of the molecule is CC1(C)CN(C(=O)c2n[nH]c3ccccc23)CCC1N. The van der Waals surface area contributed by atoms with E-state index in [0.29, 0.717) is 18.8 Å². The quantitative estimate of drug-likeness (QED) is 0.830. The molecule has 0 aliphatic carbocycles. The Morgan fingerprint density at radius 1 is 1.45 bits per heavy atom. The predicted octanol–water partition coefficient (Wildman–Crippen LogP) is 1.76. The van der Waals surface area contributed by atoms with Gasteiger partial charge in [0.05, 0.1) is 5.52 Å². The molecule has 5 heteroatoms. The number of hydrogen-bond acceptors (Lipinski definition) is 3. The van der Waals surface area contributed by atoms with Gasteiger partial charge in [0.1, 0.15) is 0 Å². The van der Waals surface area contributed by atoms with Crippen LogP contribution < -0.4 is 5.73 Å². The molecule has 0 bridgehead atoms. The predicted molar refractivity (Wildman–Crippen MR) is 78.4 cm³/mol. The van der Waals surface area contributed by atoms with Gasteiger partial charge in [0, 0.05) is 24.5 Å². The van der Waals surface area contributed by atoms with Crippen molar-refractivity contribution in [1.82, 2.24) is 15.1 Å². The summed E-state index contributed by atoms with van der Waals surface area (Å²) in [4.78, 5) is 14.5. The number of amides is 1. The molecule has 0 saturated carbocycles. The van der Waals surface area contributed by atoms with E-state index in [-0.39, 0.29) is 17.4 Å². The van der Waals surface area contributed by atoms with E-state index < -0.39 is 0 Å². The molecule has 0 radical (unpaired) electrons. The molecule has 0 spiro atoms. The number of piperidine rings is 1. The molecule has 1 fully saturated rings. The highest BCUT2D eigenvalue weighted by atomic mass is 16.2. The number of aromatic amines is 1. The number of nitrogens with two attached hydrogens (primary N) is 1. The first-order chi connectivity index (χ1) is 9.49. The van der Waals surface area contributed by atoms with Crippen LogP contribution in [0.15, 0.2) is 24.3 Å². The lowest BCUT2D eigenvalue weighted by Crippen LogP contribution is -2.54. The number of rotatable bonds is 1. The van der Waals surface area contributed by atoms with Gasteiger partial charge >= 0.3 is 0 Å². The van der Waals surface area contributed by atoms with E-state index in [2.05, 4.69) is 24.0 Å². The Hall–Kier alpha value is -1.88. The van der Waals surface area contributed by atoms with E-state index in [4.69, 9.17) is 5.73 Å². The third-order valence-electron chi connectivity index (χ3n) is 4.27. The van der Waals surface area contributed by atoms with Crippen LogP contribution in [0.3, 0.4) is 0 Å². The molecule has 20 heavy (non-hydrogen) atoms. The number of nitrogens with zero attached hydrogens (tertiary/aromatic N) is 2. The van der Waals surface area contributed by atoms with Crippen molar-refractivity contribution >= 4 is 16.8 Å². The maximum absolute atomic E-state index is 12.7. The van der Waals surface area contributed by atoms with Crippen molar-refractivity contribution in [2.45, 2.75) is 26.3 Å². The highest BCUT2D eigenvalue weighted by Crippen LogP contribution is 2.29. The second kappa shape index (κ2) is 4.59. The second-order valence-electron chi connectivity index (χ2n) is 6.23. The molecule has 1 aliphatic heterocycles. The Balaban J connectivity index is 1.90. The average Bonchev–Trinajstić information content (AvgIpc) is 2.85. The second-order valence-corrected chi connectivity index (χ2v) is 6.23. The largest absolute Gasteiger partial charge is 0.337 e. The molecule has 1 aromatic carbocycles. The van der Waals surface area contributed by atoms with Crippen LogP contribution in [0.5, 0.6) is 0 Å². The molecular weight excluding hydrogens is 252 g/mol. The van der Waals surface area contributed by atoms with Gasteiger partial charge in [0.25, 0.3) is 5.91 Å². The normalized spacial score (nSPS) is 22.1. The summed E-state index contributed by atoms with van der Waals surface area (Å²) >= 11 is 0. The number of carbonyl (C=O) groups is 1. The zero-order valence-corrected chi connectivity index (χ0v) is 11.9. The van der Waals surface area contributed by atoms with Crippen LogP contribution in [0, 0.1) is 5.41 Å². The Kier molecular flexibility index (Phi) is 3.01. The van der Waals surface area contributed by atoms with Crippen molar-refractivity contribution in [3.05, 3.63) is 30.0 Å². The Morgan fingerprint density at radius 2 is 2.20 bits per heavy atom. The van der Waals surface area contributed by atoms with Gasteiger partial charge in [-0.2, -0.15) is 5.10 Å². The number of aromatic nitrogens is 2. The standard InChI is InChI=1S/C15H20N4O/c1-15(2)9-19(8-7-12(15)16)14(20)13-10-5-3-4-6-11(10)17-18-13/h3-6,12H,7-9,16H2,1-2H3,(H,17,18). The average molecular weight is 272 g/mol. The molecule has 1 saturated heterocycles. The maximum Gasteiger partial charge on any atom is 0.275 e. The minimum atomic E-state index is -0.0555. The highest BCUT2D eigenvalue weighted by molar-refractivity contribution is 6.04. The van der Waals surface area contributed by atoms with Gasteiger partial charge in [0.15, 0.2) is 5.69 Å². The summed E-state index contributed by atoms with van der Waals surface area (Å²) in [5, 5.41) is 7.99. The number of fused-ring (bicyclic) bond motifs is 1. The van der Waals surface area contributed by atoms with Gasteiger partial charge in [-0.25, -0.2) is 0 Å². The molecule has 1 unspecified atom stereocenters. The summed E-state index contributed by atoms with van der Waals surface area (Å²) in [6.07, 6.45) is 0.834. The Morgan fingerprint density at radius 3 is 2.95 bits per heavy atom. The first-order valence-corrected chi connectivity index (χ1v) is 6.97. The molecule has 2 aromatic rings. The smallest absolute Gasteiger partial charge is 0.275 e. The van der Waals surface area contributed by atoms with Crippen molar-refractivity contribution in [1.29, 1.82) is 0 Å². The zero-order valence-electron chi connectivity index (χ0n) is 11.9. The van der Waals surface area contributed by atoms with Crippen LogP contribution in [0.4, 0.5) is 0 Å². The topological polar surface area (TPSA) is 75.0 Å². The molecule has 5 nitrogen and oxygen atoms in total. The van der Waals surface area contributed by atoms with Gasteiger partial charge in [0.2, 0.25) is 0 Å². The van der Waals surface area contributed by atoms with E-state index in [1.165, 1.54) is 0 Å². The van der Waals surface area contributed by atoms with Crippen LogP contribution in [-0.4, -0.2) is 40.1 Å². The minimum absolute atomic E-state index is 0.0116. The molecule has 2 heterocycles. The number of para-hydroxylation sites is 1. The van der Waals surface area contributed by atoms with Crippen molar-refractivity contribution in [2.24, 2.45) is 11.1 Å². The molecule has 1 amide bonds. The fourth-order valence-corrected chi connectivity index (χ4v) is 2.82. The fraction of sp³-hybridized carbons (Fsp3) is 0.467. The molecule has 1 aliphatic rings. The molecule has 3 rings (SSSR count). The van der Waals surface area contributed by atoms with E-state index in [0.717, 1.165) is 17.3 Å². The summed E-state index contributed by atoms with van der Waals surface area (Å²) in [5.41, 5.74) is 7.47. The zero-order chi connectivity index (χ0) is 14.3. The lowest BCUT2D eigenvalue weighted by atomic mass is 9.79. The molecular formula is C15H20N4O. The van der Waals surface area contributed by atoms with Gasteiger partial charge in [-0.3, -0.25) is 9.89 Å². The van der Waals surface area contributed by atoms with Crippen molar-refractivity contribution < 1.29 is 4.79 Å². The molecule has 1 atom stereocenters. The van der Waals surface area contributed by atoms with E-state index in [1.54, 1.807) is 0 Å². The van der Waals surface area contributed by atoms with E-state index >= 15 is 0 Å². The van der Waals surface area contributed by atoms with Crippen LogP contribution in [0.1, 0.15) is 30.8 Å². The first-order valence-electron chi connectivity index (χ1n) is 6.97. The summed E-state index contributed by atoms with van der Waals surface area (Å²) in [6, 6.07) is 7.84. The Bertz CT molecular complexity index is 646. The Labute approximate surface area is 118 Å². The minimum Gasteiger partial charge on any atom is -0.337 e. The summed E-state index contributed by atoms with van der Waals surface area (Å²) in [6.45, 7) is 5.60. The summed E-state index contributed by atoms with van der Waals surface area (Å²) in [5.74, 6) is -0.0116. The number of likely N-dealkylation sites (tertiary alicyclic amines) is 1. The third-order valence-corrected chi connectivity index (χ3v) is 4.27. The van der Waals surface area contributed by atoms with Gasteiger partial charge < -0.3 is 10.6 Å². The molecule has 3 N–H and O–H groups in total. The first kappa shape index (κ1) is 13.1. The van der Waals surface area contributed by atoms with Gasteiger partial charge in [-0.1, -0.05) is 32.0 Å². The number of hydrogen-bond donors (Lipinski definition) is 2. The summed E-state index contributed by atoms with van der Waals surface area (Å²) < 4.78 is 0. The van der Waals surface area contributed by atoms with Crippen LogP contribution in [-0.2, 0) is 0 Å². The van der Waals surface area contributed by atoms with Crippen LogP contribution >= 0.6 is 0 Å². The molecule has 1 aromatic heterocycles. The number of nitrogens with one attached hydrogen (secondary N) is 1. The van der Waals surface area contributed by atoms with Gasteiger partial charge in [-0.05, 0) is 17.9 Å².